The van der Waals surface area contributed by atoms with Crippen molar-refractivity contribution >= 4 is 23.2 Å². The van der Waals surface area contributed by atoms with Crippen LogP contribution in [0.5, 0.6) is 0 Å². The number of aromatic nitrogens is 1. The van der Waals surface area contributed by atoms with Crippen LogP contribution in [0.25, 0.3) is 0 Å². The first-order valence-corrected chi connectivity index (χ1v) is 4.94. The molecule has 0 aliphatic carbocycles. The second kappa shape index (κ2) is 4.37. The van der Waals surface area contributed by atoms with Crippen LogP contribution in [0.4, 0.5) is 10.1 Å². The lowest BCUT2D eigenvalue weighted by molar-refractivity contribution is 0.102. The summed E-state index contributed by atoms with van der Waals surface area (Å²) in [7, 11) is 0. The summed E-state index contributed by atoms with van der Waals surface area (Å²) in [5.74, 6) is -0.764. The highest BCUT2D eigenvalue weighted by Crippen LogP contribution is 2.13. The van der Waals surface area contributed by atoms with Crippen molar-refractivity contribution in [3.8, 4) is 0 Å². The van der Waals surface area contributed by atoms with Crippen molar-refractivity contribution in [1.82, 2.24) is 4.98 Å². The summed E-state index contributed by atoms with van der Waals surface area (Å²) in [6.45, 7) is 0. The fraction of sp³-hybridized carbons (Fsp3) is 0. The topological polar surface area (TPSA) is 44.9 Å². The van der Waals surface area contributed by atoms with E-state index in [2.05, 4.69) is 10.3 Å². The van der Waals surface area contributed by atoms with E-state index in [0.29, 0.717) is 16.4 Å². The smallest absolute Gasteiger partial charge is 0.272 e. The SMILES string of the molecule is O=C(Nc1cccc(F)c1)c1cc(Cl)c[nH]1. The van der Waals surface area contributed by atoms with Gasteiger partial charge in [0.2, 0.25) is 0 Å². The number of H-pyrrole nitrogens is 1. The fourth-order valence-electron chi connectivity index (χ4n) is 1.26. The molecule has 2 rings (SSSR count). The molecule has 0 fully saturated rings. The van der Waals surface area contributed by atoms with E-state index in [1.807, 2.05) is 0 Å². The summed E-state index contributed by atoms with van der Waals surface area (Å²) < 4.78 is 12.8. The summed E-state index contributed by atoms with van der Waals surface area (Å²) in [6, 6.07) is 7.16. The number of hydrogen-bond donors (Lipinski definition) is 2. The van der Waals surface area contributed by atoms with Gasteiger partial charge in [-0.15, -0.1) is 0 Å². The van der Waals surface area contributed by atoms with Gasteiger partial charge in [-0.05, 0) is 24.3 Å². The van der Waals surface area contributed by atoms with Crippen LogP contribution >= 0.6 is 11.6 Å². The van der Waals surface area contributed by atoms with E-state index in [-0.39, 0.29) is 5.91 Å². The summed E-state index contributed by atoms with van der Waals surface area (Å²) in [5.41, 5.74) is 0.727. The minimum absolute atomic E-state index is 0.328. The molecule has 0 aliphatic rings. The third kappa shape index (κ3) is 2.41. The van der Waals surface area contributed by atoms with Crippen LogP contribution in [0.15, 0.2) is 36.5 Å². The number of aromatic amines is 1. The lowest BCUT2D eigenvalue weighted by atomic mass is 10.3. The maximum Gasteiger partial charge on any atom is 0.272 e. The normalized spacial score (nSPS) is 10.1. The van der Waals surface area contributed by atoms with Gasteiger partial charge < -0.3 is 10.3 Å². The quantitative estimate of drug-likeness (QED) is 0.830. The number of rotatable bonds is 2. The third-order valence-electron chi connectivity index (χ3n) is 1.97. The molecule has 5 heteroatoms. The zero-order valence-electron chi connectivity index (χ0n) is 8.13. The minimum atomic E-state index is -0.401. The summed E-state index contributed by atoms with van der Waals surface area (Å²) in [5, 5.41) is 2.99. The van der Waals surface area contributed by atoms with Gasteiger partial charge in [0.15, 0.2) is 0 Å². The van der Waals surface area contributed by atoms with Crippen LogP contribution in [0, 0.1) is 5.82 Å². The van der Waals surface area contributed by atoms with E-state index < -0.39 is 5.82 Å². The second-order valence-electron chi connectivity index (χ2n) is 3.20. The van der Waals surface area contributed by atoms with Crippen molar-refractivity contribution in [2.24, 2.45) is 0 Å². The first kappa shape index (κ1) is 10.7. The molecule has 0 saturated heterocycles. The van der Waals surface area contributed by atoms with E-state index in [4.69, 9.17) is 11.6 Å². The van der Waals surface area contributed by atoms with Gasteiger partial charge in [-0.2, -0.15) is 0 Å². The van der Waals surface area contributed by atoms with Gasteiger partial charge in [-0.1, -0.05) is 17.7 Å². The van der Waals surface area contributed by atoms with Crippen molar-refractivity contribution in [2.75, 3.05) is 5.32 Å². The molecule has 1 aromatic carbocycles. The van der Waals surface area contributed by atoms with Crippen LogP contribution in [-0.4, -0.2) is 10.9 Å². The van der Waals surface area contributed by atoms with Crippen LogP contribution < -0.4 is 5.32 Å². The third-order valence-corrected chi connectivity index (χ3v) is 2.19. The molecule has 1 heterocycles. The molecule has 0 spiro atoms. The van der Waals surface area contributed by atoms with Crippen molar-refractivity contribution in [1.29, 1.82) is 0 Å². The molecule has 82 valence electrons. The van der Waals surface area contributed by atoms with Crippen LogP contribution in [0.3, 0.4) is 0 Å². The molecule has 1 aromatic heterocycles. The van der Waals surface area contributed by atoms with Crippen molar-refractivity contribution in [2.45, 2.75) is 0 Å². The lowest BCUT2D eigenvalue weighted by Gasteiger charge is -2.02. The molecule has 3 nitrogen and oxygen atoms in total. The molecule has 0 bridgehead atoms. The highest BCUT2D eigenvalue weighted by Gasteiger charge is 2.08. The van der Waals surface area contributed by atoms with Gasteiger partial charge in [0.1, 0.15) is 11.5 Å². The van der Waals surface area contributed by atoms with Gasteiger partial charge in [-0.25, -0.2) is 4.39 Å². The largest absolute Gasteiger partial charge is 0.356 e. The average Bonchev–Trinajstić information content (AvgIpc) is 2.65. The van der Waals surface area contributed by atoms with Crippen LogP contribution in [0.1, 0.15) is 10.5 Å². The van der Waals surface area contributed by atoms with Crippen molar-refractivity contribution < 1.29 is 9.18 Å². The zero-order chi connectivity index (χ0) is 11.5. The predicted molar refractivity (Wildman–Crippen MR) is 60.2 cm³/mol. The van der Waals surface area contributed by atoms with Gasteiger partial charge in [-0.3, -0.25) is 4.79 Å². The van der Waals surface area contributed by atoms with Crippen LogP contribution in [-0.2, 0) is 0 Å². The average molecular weight is 239 g/mol. The van der Waals surface area contributed by atoms with E-state index in [1.165, 1.54) is 30.5 Å². The molecular formula is C11H8ClFN2O. The highest BCUT2D eigenvalue weighted by atomic mass is 35.5. The van der Waals surface area contributed by atoms with Gasteiger partial charge in [0, 0.05) is 11.9 Å². The Morgan fingerprint density at radius 3 is 2.81 bits per heavy atom. The predicted octanol–water partition coefficient (Wildman–Crippen LogP) is 3.06. The van der Waals surface area contributed by atoms with E-state index >= 15 is 0 Å². The summed E-state index contributed by atoms with van der Waals surface area (Å²) in [4.78, 5) is 14.3. The number of carbonyl (C=O) groups is 1. The molecule has 0 radical (unpaired) electrons. The lowest BCUT2D eigenvalue weighted by Crippen LogP contribution is -2.12. The first-order valence-electron chi connectivity index (χ1n) is 4.56. The highest BCUT2D eigenvalue weighted by molar-refractivity contribution is 6.31. The molecule has 0 aliphatic heterocycles. The Kier molecular flexibility index (Phi) is 2.92. The van der Waals surface area contributed by atoms with E-state index in [9.17, 15) is 9.18 Å². The molecular weight excluding hydrogens is 231 g/mol. The maximum atomic E-state index is 12.8. The molecule has 0 atom stereocenters. The molecule has 2 N–H and O–H groups in total. The van der Waals surface area contributed by atoms with E-state index in [1.54, 1.807) is 6.07 Å². The number of carbonyl (C=O) groups excluding carboxylic acids is 1. The monoisotopic (exact) mass is 238 g/mol. The number of anilines is 1. The van der Waals surface area contributed by atoms with Gasteiger partial charge >= 0.3 is 0 Å². The van der Waals surface area contributed by atoms with E-state index in [0.717, 1.165) is 0 Å². The number of halogens is 2. The maximum absolute atomic E-state index is 12.8. The Bertz CT molecular complexity index is 524. The van der Waals surface area contributed by atoms with Gasteiger partial charge in [0.05, 0.1) is 5.02 Å². The van der Waals surface area contributed by atoms with Crippen molar-refractivity contribution in [3.05, 3.63) is 53.1 Å². The first-order chi connectivity index (χ1) is 7.65. The Morgan fingerprint density at radius 2 is 2.19 bits per heavy atom. The molecule has 0 unspecified atom stereocenters. The zero-order valence-corrected chi connectivity index (χ0v) is 8.88. The fourth-order valence-corrected chi connectivity index (χ4v) is 1.43. The Balaban J connectivity index is 2.13. The minimum Gasteiger partial charge on any atom is -0.356 e. The number of nitrogens with one attached hydrogen (secondary N) is 2. The number of amides is 1. The van der Waals surface area contributed by atoms with Crippen molar-refractivity contribution in [3.63, 3.8) is 0 Å². The Morgan fingerprint density at radius 1 is 1.38 bits per heavy atom. The summed E-state index contributed by atoms with van der Waals surface area (Å²) in [6.07, 6.45) is 1.50. The molecule has 2 aromatic rings. The number of benzene rings is 1. The Labute approximate surface area is 96.2 Å². The van der Waals surface area contributed by atoms with Gasteiger partial charge in [0.25, 0.3) is 5.91 Å². The Hall–Kier alpha value is -1.81. The molecule has 0 saturated carbocycles. The number of hydrogen-bond acceptors (Lipinski definition) is 1. The molecule has 1 amide bonds. The van der Waals surface area contributed by atoms with Crippen LogP contribution in [0.2, 0.25) is 5.02 Å². The molecule has 16 heavy (non-hydrogen) atoms. The summed E-state index contributed by atoms with van der Waals surface area (Å²) >= 11 is 5.66. The second-order valence-corrected chi connectivity index (χ2v) is 3.63. The standard InChI is InChI=1S/C11H8ClFN2O/c12-7-4-10(14-6-7)11(16)15-9-3-1-2-8(13)5-9/h1-6,14H,(H,15,16).